The first-order valence-corrected chi connectivity index (χ1v) is 12.2. The van der Waals surface area contributed by atoms with Gasteiger partial charge in [0, 0.05) is 0 Å². The highest BCUT2D eigenvalue weighted by molar-refractivity contribution is 7.92. The predicted molar refractivity (Wildman–Crippen MR) is 123 cm³/mol. The highest BCUT2D eigenvalue weighted by Gasteiger charge is 2.21. The van der Waals surface area contributed by atoms with Gasteiger partial charge >= 0.3 is 0 Å². The van der Waals surface area contributed by atoms with Gasteiger partial charge in [-0.05, 0) is 48.2 Å². The van der Waals surface area contributed by atoms with E-state index in [4.69, 9.17) is 9.15 Å². The topological polar surface area (TPSA) is 111 Å². The molecule has 0 spiro atoms. The Morgan fingerprint density at radius 2 is 1.74 bits per heavy atom. The Balaban J connectivity index is 1.81. The van der Waals surface area contributed by atoms with Crippen LogP contribution in [0.3, 0.4) is 0 Å². The van der Waals surface area contributed by atoms with E-state index in [0.29, 0.717) is 11.3 Å². The largest absolute Gasteiger partial charge is 0.496 e. The number of hydrogen-bond acceptors (Lipinski definition) is 6. The van der Waals surface area contributed by atoms with Gasteiger partial charge < -0.3 is 14.5 Å². The Labute approximate surface area is 196 Å². The molecule has 182 valence electrons. The van der Waals surface area contributed by atoms with Crippen molar-refractivity contribution < 1.29 is 31.1 Å². The van der Waals surface area contributed by atoms with Crippen LogP contribution in [0.15, 0.2) is 41.0 Å². The normalized spacial score (nSPS) is 12.5. The molecule has 0 saturated heterocycles. The molecule has 0 aliphatic heterocycles. The van der Waals surface area contributed by atoms with E-state index in [1.165, 1.54) is 20.3 Å². The third kappa shape index (κ3) is 5.71. The van der Waals surface area contributed by atoms with Crippen LogP contribution in [0, 0.1) is 11.6 Å². The number of carbonyl (C=O) groups excluding carboxylic acids is 1. The number of hydrogen-bond donors (Lipinski definition) is 2. The quantitative estimate of drug-likeness (QED) is 0.474. The standard InChI is InChI=1S/C23H25F2N3O5S/c1-12(2)14-6-7-20(32-4)16(8-14)23-27-19(11-33-23)22(29)26-13(3)15-9-17(24)21(18(25)10-15)28-34(5,30)31/h6-13,28H,1-5H3,(H,26,29). The van der Waals surface area contributed by atoms with E-state index in [1.54, 1.807) is 10.8 Å². The summed E-state index contributed by atoms with van der Waals surface area (Å²) in [4.78, 5) is 16.9. The number of rotatable bonds is 8. The van der Waals surface area contributed by atoms with Crippen LogP contribution in [0.4, 0.5) is 14.5 Å². The number of sulfonamides is 1. The van der Waals surface area contributed by atoms with Gasteiger partial charge in [0.1, 0.15) is 17.7 Å². The molecule has 1 amide bonds. The molecule has 0 bridgehead atoms. The van der Waals surface area contributed by atoms with Gasteiger partial charge in [-0.2, -0.15) is 0 Å². The van der Waals surface area contributed by atoms with Crippen LogP contribution in [-0.2, 0) is 10.0 Å². The fourth-order valence-corrected chi connectivity index (χ4v) is 3.80. The van der Waals surface area contributed by atoms with Crippen molar-refractivity contribution in [2.75, 3.05) is 18.1 Å². The Morgan fingerprint density at radius 1 is 1.09 bits per heavy atom. The molecule has 3 rings (SSSR count). The molecule has 1 atom stereocenters. The number of carbonyl (C=O) groups is 1. The number of ether oxygens (including phenoxy) is 1. The molecule has 11 heteroatoms. The zero-order valence-electron chi connectivity index (χ0n) is 19.3. The van der Waals surface area contributed by atoms with Crippen molar-refractivity contribution in [3.8, 4) is 17.2 Å². The lowest BCUT2D eigenvalue weighted by atomic mass is 10.0. The summed E-state index contributed by atoms with van der Waals surface area (Å²) in [6, 6.07) is 6.66. The minimum atomic E-state index is -3.87. The molecule has 0 aliphatic carbocycles. The molecule has 2 aromatic carbocycles. The minimum Gasteiger partial charge on any atom is -0.496 e. The third-order valence-corrected chi connectivity index (χ3v) is 5.63. The number of halogens is 2. The summed E-state index contributed by atoms with van der Waals surface area (Å²) in [6.45, 7) is 5.60. The molecule has 0 aliphatic rings. The van der Waals surface area contributed by atoms with Gasteiger partial charge in [-0.15, -0.1) is 0 Å². The van der Waals surface area contributed by atoms with Gasteiger partial charge in [-0.1, -0.05) is 19.9 Å². The van der Waals surface area contributed by atoms with E-state index in [-0.39, 0.29) is 23.1 Å². The van der Waals surface area contributed by atoms with E-state index in [2.05, 4.69) is 10.3 Å². The minimum absolute atomic E-state index is 0.0323. The molecule has 1 unspecified atom stereocenters. The number of aromatic nitrogens is 1. The average Bonchev–Trinajstić information content (AvgIpc) is 3.25. The van der Waals surface area contributed by atoms with Gasteiger partial charge in [0.2, 0.25) is 15.9 Å². The van der Waals surface area contributed by atoms with Gasteiger partial charge in [0.25, 0.3) is 5.91 Å². The summed E-state index contributed by atoms with van der Waals surface area (Å²) in [5.74, 6) is -1.88. The first kappa shape index (κ1) is 25.2. The van der Waals surface area contributed by atoms with Crippen molar-refractivity contribution in [3.05, 3.63) is 65.1 Å². The maximum Gasteiger partial charge on any atom is 0.273 e. The van der Waals surface area contributed by atoms with Crippen molar-refractivity contribution in [2.45, 2.75) is 32.7 Å². The second-order valence-corrected chi connectivity index (χ2v) is 9.83. The van der Waals surface area contributed by atoms with E-state index >= 15 is 0 Å². The van der Waals surface area contributed by atoms with Crippen LogP contribution in [0.5, 0.6) is 5.75 Å². The highest BCUT2D eigenvalue weighted by Crippen LogP contribution is 2.32. The first-order valence-electron chi connectivity index (χ1n) is 10.3. The number of oxazole rings is 1. The summed E-state index contributed by atoms with van der Waals surface area (Å²) in [6.07, 6.45) is 1.96. The van der Waals surface area contributed by atoms with Gasteiger partial charge in [0.15, 0.2) is 17.3 Å². The van der Waals surface area contributed by atoms with Crippen molar-refractivity contribution in [3.63, 3.8) is 0 Å². The fourth-order valence-electron chi connectivity index (χ4n) is 3.23. The van der Waals surface area contributed by atoms with Crippen LogP contribution in [0.1, 0.15) is 54.3 Å². The van der Waals surface area contributed by atoms with Crippen LogP contribution in [0.25, 0.3) is 11.5 Å². The Hall–Kier alpha value is -3.47. The number of nitrogens with one attached hydrogen (secondary N) is 2. The van der Waals surface area contributed by atoms with E-state index in [1.807, 2.05) is 26.0 Å². The van der Waals surface area contributed by atoms with Crippen LogP contribution in [0.2, 0.25) is 0 Å². The zero-order valence-corrected chi connectivity index (χ0v) is 20.1. The molecule has 8 nitrogen and oxygen atoms in total. The maximum absolute atomic E-state index is 14.3. The molecule has 1 aromatic heterocycles. The maximum atomic E-state index is 14.3. The summed E-state index contributed by atoms with van der Waals surface area (Å²) in [5.41, 5.74) is 0.890. The van der Waals surface area contributed by atoms with Crippen LogP contribution < -0.4 is 14.8 Å². The van der Waals surface area contributed by atoms with Crippen molar-refractivity contribution >= 4 is 21.6 Å². The van der Waals surface area contributed by atoms with Gasteiger partial charge in [-0.3, -0.25) is 9.52 Å². The van der Waals surface area contributed by atoms with Crippen LogP contribution in [-0.4, -0.2) is 32.7 Å². The summed E-state index contributed by atoms with van der Waals surface area (Å²) < 4.78 is 63.9. The fraction of sp³-hybridized carbons (Fsp3) is 0.304. The molecular formula is C23H25F2N3O5S. The second-order valence-electron chi connectivity index (χ2n) is 8.08. The zero-order chi connectivity index (χ0) is 25.2. The van der Waals surface area contributed by atoms with E-state index in [9.17, 15) is 22.0 Å². The third-order valence-electron chi connectivity index (χ3n) is 5.06. The van der Waals surface area contributed by atoms with Gasteiger partial charge in [-0.25, -0.2) is 22.2 Å². The first-order chi connectivity index (χ1) is 15.9. The molecule has 0 saturated carbocycles. The SMILES string of the molecule is COc1ccc(C(C)C)cc1-c1nc(C(=O)NC(C)c2cc(F)c(NS(C)(=O)=O)c(F)c2)co1. The summed E-state index contributed by atoms with van der Waals surface area (Å²) in [7, 11) is -2.36. The molecule has 0 fully saturated rings. The number of anilines is 1. The monoisotopic (exact) mass is 493 g/mol. The predicted octanol–water partition coefficient (Wildman–Crippen LogP) is 4.61. The molecule has 2 N–H and O–H groups in total. The summed E-state index contributed by atoms with van der Waals surface area (Å²) >= 11 is 0. The van der Waals surface area contributed by atoms with Gasteiger partial charge in [0.05, 0.1) is 25.0 Å². The highest BCUT2D eigenvalue weighted by atomic mass is 32.2. The lowest BCUT2D eigenvalue weighted by Gasteiger charge is -2.15. The number of amides is 1. The number of methoxy groups -OCH3 is 1. The van der Waals surface area contributed by atoms with E-state index < -0.39 is 39.3 Å². The Morgan fingerprint density at radius 3 is 2.29 bits per heavy atom. The molecule has 34 heavy (non-hydrogen) atoms. The number of benzene rings is 2. The van der Waals surface area contributed by atoms with Crippen molar-refractivity contribution in [1.29, 1.82) is 0 Å². The second kappa shape index (κ2) is 9.80. The molecule has 0 radical (unpaired) electrons. The average molecular weight is 494 g/mol. The Bertz CT molecular complexity index is 1300. The lowest BCUT2D eigenvalue weighted by molar-refractivity contribution is 0.0934. The number of nitrogens with zero attached hydrogens (tertiary/aromatic N) is 1. The van der Waals surface area contributed by atoms with Crippen LogP contribution >= 0.6 is 0 Å². The molecular weight excluding hydrogens is 468 g/mol. The Kier molecular flexibility index (Phi) is 7.25. The van der Waals surface area contributed by atoms with E-state index in [0.717, 1.165) is 24.0 Å². The van der Waals surface area contributed by atoms with Crippen molar-refractivity contribution in [2.24, 2.45) is 0 Å². The van der Waals surface area contributed by atoms with Crippen molar-refractivity contribution in [1.82, 2.24) is 10.3 Å². The lowest BCUT2D eigenvalue weighted by Crippen LogP contribution is -2.27. The molecule has 3 aromatic rings. The molecule has 1 heterocycles. The smallest absolute Gasteiger partial charge is 0.273 e. The summed E-state index contributed by atoms with van der Waals surface area (Å²) in [5, 5.41) is 2.59.